The molecule has 0 spiro atoms. The van der Waals surface area contributed by atoms with Crippen molar-refractivity contribution in [3.63, 3.8) is 0 Å². The summed E-state index contributed by atoms with van der Waals surface area (Å²) in [6.07, 6.45) is 0. The van der Waals surface area contributed by atoms with Crippen molar-refractivity contribution >= 4 is 23.2 Å². The average Bonchev–Trinajstić information content (AvgIpc) is 2.74. The van der Waals surface area contributed by atoms with Crippen LogP contribution in [0, 0.1) is 6.92 Å². The van der Waals surface area contributed by atoms with Crippen LogP contribution in [-0.4, -0.2) is 17.1 Å². The molecule has 19 heavy (non-hydrogen) atoms. The summed E-state index contributed by atoms with van der Waals surface area (Å²) in [7, 11) is 2.02. The molecule has 0 saturated carbocycles. The molecule has 1 heterocycles. The molecule has 0 aliphatic heterocycles. The van der Waals surface area contributed by atoms with Crippen molar-refractivity contribution in [2.45, 2.75) is 26.4 Å². The lowest BCUT2D eigenvalue weighted by atomic mass is 10.1. The SMILES string of the molecule is Cc1cc(CN(C)C(C)c2ccc(Cl)cc2Cl)on1. The Hall–Kier alpha value is -1.03. The molecule has 2 rings (SSSR count). The van der Waals surface area contributed by atoms with E-state index in [1.54, 1.807) is 6.07 Å². The maximum atomic E-state index is 6.23. The zero-order chi connectivity index (χ0) is 14.0. The first-order chi connectivity index (χ1) is 8.97. The molecule has 0 amide bonds. The number of halogens is 2. The minimum Gasteiger partial charge on any atom is -0.360 e. The molecule has 0 bridgehead atoms. The number of aryl methyl sites for hydroxylation is 1. The number of benzene rings is 1. The van der Waals surface area contributed by atoms with Crippen LogP contribution in [0.4, 0.5) is 0 Å². The Morgan fingerprint density at radius 2 is 2.05 bits per heavy atom. The van der Waals surface area contributed by atoms with Crippen molar-refractivity contribution < 1.29 is 4.52 Å². The average molecular weight is 299 g/mol. The van der Waals surface area contributed by atoms with E-state index in [4.69, 9.17) is 27.7 Å². The molecular formula is C14H16Cl2N2O. The summed E-state index contributed by atoms with van der Waals surface area (Å²) in [5, 5.41) is 5.21. The largest absolute Gasteiger partial charge is 0.360 e. The number of hydrogen-bond acceptors (Lipinski definition) is 3. The van der Waals surface area contributed by atoms with Gasteiger partial charge in [-0.2, -0.15) is 0 Å². The first-order valence-electron chi connectivity index (χ1n) is 6.04. The van der Waals surface area contributed by atoms with Crippen LogP contribution in [0.5, 0.6) is 0 Å². The third kappa shape index (κ3) is 3.50. The third-order valence-electron chi connectivity index (χ3n) is 3.16. The van der Waals surface area contributed by atoms with Gasteiger partial charge in [0.1, 0.15) is 0 Å². The molecule has 102 valence electrons. The highest BCUT2D eigenvalue weighted by atomic mass is 35.5. The number of nitrogens with zero attached hydrogens (tertiary/aromatic N) is 2. The second kappa shape index (κ2) is 5.95. The van der Waals surface area contributed by atoms with Crippen LogP contribution in [0.1, 0.15) is 30.0 Å². The Labute approximate surface area is 123 Å². The van der Waals surface area contributed by atoms with Gasteiger partial charge < -0.3 is 4.52 Å². The van der Waals surface area contributed by atoms with E-state index in [-0.39, 0.29) is 6.04 Å². The Morgan fingerprint density at radius 3 is 2.63 bits per heavy atom. The molecule has 1 aromatic carbocycles. The van der Waals surface area contributed by atoms with E-state index >= 15 is 0 Å². The Morgan fingerprint density at radius 1 is 1.32 bits per heavy atom. The highest BCUT2D eigenvalue weighted by Crippen LogP contribution is 2.29. The lowest BCUT2D eigenvalue weighted by Crippen LogP contribution is -2.21. The van der Waals surface area contributed by atoms with Gasteiger partial charge in [-0.1, -0.05) is 34.4 Å². The second-order valence-electron chi connectivity index (χ2n) is 4.69. The fraction of sp³-hybridized carbons (Fsp3) is 0.357. The van der Waals surface area contributed by atoms with Gasteiger partial charge in [-0.05, 0) is 38.6 Å². The number of aromatic nitrogens is 1. The Bertz CT molecular complexity index is 568. The van der Waals surface area contributed by atoms with Gasteiger partial charge in [0.15, 0.2) is 5.76 Å². The fourth-order valence-electron chi connectivity index (χ4n) is 1.95. The van der Waals surface area contributed by atoms with E-state index < -0.39 is 0 Å². The molecule has 2 aromatic rings. The molecule has 0 fully saturated rings. The highest BCUT2D eigenvalue weighted by Gasteiger charge is 2.16. The molecule has 1 atom stereocenters. The van der Waals surface area contributed by atoms with E-state index in [0.717, 1.165) is 17.0 Å². The molecule has 5 heteroatoms. The van der Waals surface area contributed by atoms with E-state index in [9.17, 15) is 0 Å². The number of hydrogen-bond donors (Lipinski definition) is 0. The maximum Gasteiger partial charge on any atom is 0.150 e. The smallest absolute Gasteiger partial charge is 0.150 e. The summed E-state index contributed by atoms with van der Waals surface area (Å²) < 4.78 is 5.22. The van der Waals surface area contributed by atoms with Crippen LogP contribution in [0.2, 0.25) is 10.0 Å². The summed E-state index contributed by atoms with van der Waals surface area (Å²) >= 11 is 12.1. The van der Waals surface area contributed by atoms with Gasteiger partial charge in [0.05, 0.1) is 12.2 Å². The molecule has 0 N–H and O–H groups in total. The summed E-state index contributed by atoms with van der Waals surface area (Å²) in [6, 6.07) is 7.67. The van der Waals surface area contributed by atoms with Crippen molar-refractivity contribution in [3.05, 3.63) is 51.3 Å². The van der Waals surface area contributed by atoms with Crippen molar-refractivity contribution in [1.29, 1.82) is 0 Å². The predicted molar refractivity (Wildman–Crippen MR) is 77.6 cm³/mol. The monoisotopic (exact) mass is 298 g/mol. The molecule has 3 nitrogen and oxygen atoms in total. The lowest BCUT2D eigenvalue weighted by Gasteiger charge is -2.24. The van der Waals surface area contributed by atoms with Crippen molar-refractivity contribution in [2.24, 2.45) is 0 Å². The first-order valence-corrected chi connectivity index (χ1v) is 6.80. The molecular weight excluding hydrogens is 283 g/mol. The van der Waals surface area contributed by atoms with Crippen molar-refractivity contribution in [3.8, 4) is 0 Å². The van der Waals surface area contributed by atoms with Gasteiger partial charge in [-0.15, -0.1) is 0 Å². The van der Waals surface area contributed by atoms with Gasteiger partial charge >= 0.3 is 0 Å². The molecule has 0 radical (unpaired) electrons. The molecule has 0 saturated heterocycles. The second-order valence-corrected chi connectivity index (χ2v) is 5.54. The topological polar surface area (TPSA) is 29.3 Å². The van der Waals surface area contributed by atoms with Crippen LogP contribution in [0.25, 0.3) is 0 Å². The van der Waals surface area contributed by atoms with Crippen molar-refractivity contribution in [2.75, 3.05) is 7.05 Å². The van der Waals surface area contributed by atoms with Crippen LogP contribution in [0.15, 0.2) is 28.8 Å². The predicted octanol–water partition coefficient (Wildman–Crippen LogP) is 4.48. The van der Waals surface area contributed by atoms with E-state index in [0.29, 0.717) is 16.6 Å². The lowest BCUT2D eigenvalue weighted by molar-refractivity contribution is 0.221. The Balaban J connectivity index is 2.12. The minimum atomic E-state index is 0.162. The van der Waals surface area contributed by atoms with E-state index in [2.05, 4.69) is 17.0 Å². The van der Waals surface area contributed by atoms with Crippen molar-refractivity contribution in [1.82, 2.24) is 10.1 Å². The van der Waals surface area contributed by atoms with Gasteiger partial charge in [0, 0.05) is 22.2 Å². The Kier molecular flexibility index (Phi) is 4.50. The van der Waals surface area contributed by atoms with E-state index in [1.807, 2.05) is 32.2 Å². The van der Waals surface area contributed by atoms with Crippen LogP contribution in [0.3, 0.4) is 0 Å². The maximum absolute atomic E-state index is 6.23. The quantitative estimate of drug-likeness (QED) is 0.833. The summed E-state index contributed by atoms with van der Waals surface area (Å²) in [5.41, 5.74) is 1.94. The van der Waals surface area contributed by atoms with Crippen LogP contribution in [-0.2, 0) is 6.54 Å². The normalized spacial score (nSPS) is 12.9. The van der Waals surface area contributed by atoms with E-state index in [1.165, 1.54) is 0 Å². The van der Waals surface area contributed by atoms with Crippen LogP contribution < -0.4 is 0 Å². The summed E-state index contributed by atoms with van der Waals surface area (Å²) in [4.78, 5) is 2.15. The zero-order valence-corrected chi connectivity index (χ0v) is 12.7. The summed E-state index contributed by atoms with van der Waals surface area (Å²) in [6.45, 7) is 4.69. The standard InChI is InChI=1S/C14H16Cl2N2O/c1-9-6-12(19-17-9)8-18(3)10(2)13-5-4-11(15)7-14(13)16/h4-7,10H,8H2,1-3H3. The zero-order valence-electron chi connectivity index (χ0n) is 11.2. The molecule has 0 aliphatic carbocycles. The molecule has 0 aliphatic rings. The molecule has 1 unspecified atom stereocenters. The minimum absolute atomic E-state index is 0.162. The third-order valence-corrected chi connectivity index (χ3v) is 3.72. The molecule has 1 aromatic heterocycles. The summed E-state index contributed by atoms with van der Waals surface area (Å²) in [5.74, 6) is 0.844. The van der Waals surface area contributed by atoms with Gasteiger partial charge in [0.2, 0.25) is 0 Å². The van der Waals surface area contributed by atoms with Gasteiger partial charge in [-0.25, -0.2) is 0 Å². The van der Waals surface area contributed by atoms with Gasteiger partial charge in [-0.3, -0.25) is 4.90 Å². The number of rotatable bonds is 4. The highest BCUT2D eigenvalue weighted by molar-refractivity contribution is 6.35. The van der Waals surface area contributed by atoms with Crippen LogP contribution >= 0.6 is 23.2 Å². The first kappa shape index (κ1) is 14.4. The fourth-order valence-corrected chi connectivity index (χ4v) is 2.52. The van der Waals surface area contributed by atoms with Gasteiger partial charge in [0.25, 0.3) is 0 Å².